The second-order valence-electron chi connectivity index (χ2n) is 3.99. The third-order valence-corrected chi connectivity index (χ3v) is 2.89. The van der Waals surface area contributed by atoms with E-state index >= 15 is 0 Å². The lowest BCUT2D eigenvalue weighted by Crippen LogP contribution is -2.09. The summed E-state index contributed by atoms with van der Waals surface area (Å²) in [7, 11) is 1.38. The molecule has 0 heterocycles. The topological polar surface area (TPSA) is 78.7 Å². The van der Waals surface area contributed by atoms with Crippen LogP contribution in [0.1, 0.15) is 10.4 Å². The summed E-state index contributed by atoms with van der Waals surface area (Å²) in [6.45, 7) is 0. The summed E-state index contributed by atoms with van der Waals surface area (Å²) < 4.78 is 10.2. The molecule has 2 aromatic rings. The van der Waals surface area contributed by atoms with Gasteiger partial charge in [-0.1, -0.05) is 11.6 Å². The summed E-state index contributed by atoms with van der Waals surface area (Å²) in [5.41, 5.74) is 0.0719. The van der Waals surface area contributed by atoms with Crippen LogP contribution in [0.5, 0.6) is 11.5 Å². The van der Waals surface area contributed by atoms with Crippen LogP contribution >= 0.6 is 11.6 Å². The third-order valence-electron chi connectivity index (χ3n) is 2.64. The maximum atomic E-state index is 12.0. The van der Waals surface area contributed by atoms with Gasteiger partial charge in [-0.05, 0) is 30.3 Å². The molecule has 0 saturated heterocycles. The van der Waals surface area contributed by atoms with Crippen molar-refractivity contribution in [3.8, 4) is 11.5 Å². The highest BCUT2D eigenvalue weighted by molar-refractivity contribution is 6.30. The number of esters is 1. The summed E-state index contributed by atoms with van der Waals surface area (Å²) in [5, 5.41) is 11.2. The Hall–Kier alpha value is -2.60. The Morgan fingerprint density at radius 3 is 2.38 bits per heavy atom. The molecule has 6 nitrogen and oxygen atoms in total. The monoisotopic (exact) mass is 307 g/mol. The summed E-state index contributed by atoms with van der Waals surface area (Å²) in [4.78, 5) is 22.2. The number of nitro benzene ring substituents is 1. The van der Waals surface area contributed by atoms with E-state index < -0.39 is 10.9 Å². The van der Waals surface area contributed by atoms with E-state index in [0.29, 0.717) is 5.02 Å². The first-order valence-corrected chi connectivity index (χ1v) is 6.19. The van der Waals surface area contributed by atoms with Crippen LogP contribution in [0, 0.1) is 10.1 Å². The van der Waals surface area contributed by atoms with Crippen LogP contribution in [0.2, 0.25) is 5.02 Å². The van der Waals surface area contributed by atoms with Gasteiger partial charge in [0.05, 0.1) is 23.7 Å². The van der Waals surface area contributed by atoms with Crippen LogP contribution in [-0.2, 0) is 0 Å². The second-order valence-corrected chi connectivity index (χ2v) is 4.43. The summed E-state index contributed by atoms with van der Waals surface area (Å²) >= 11 is 5.73. The molecule has 0 aliphatic rings. The van der Waals surface area contributed by atoms with Gasteiger partial charge in [-0.3, -0.25) is 10.1 Å². The van der Waals surface area contributed by atoms with Crippen LogP contribution < -0.4 is 9.47 Å². The number of non-ortho nitro benzene ring substituents is 1. The van der Waals surface area contributed by atoms with Gasteiger partial charge < -0.3 is 9.47 Å². The zero-order valence-electron chi connectivity index (χ0n) is 10.9. The molecule has 0 aliphatic heterocycles. The zero-order chi connectivity index (χ0) is 15.4. The van der Waals surface area contributed by atoms with Crippen molar-refractivity contribution >= 4 is 23.3 Å². The predicted molar refractivity (Wildman–Crippen MR) is 76.1 cm³/mol. The molecule has 2 rings (SSSR count). The van der Waals surface area contributed by atoms with Crippen molar-refractivity contribution in [2.24, 2.45) is 0 Å². The number of ether oxygens (including phenoxy) is 2. The van der Waals surface area contributed by atoms with Gasteiger partial charge >= 0.3 is 5.97 Å². The van der Waals surface area contributed by atoms with Gasteiger partial charge in [-0.25, -0.2) is 4.79 Å². The maximum Gasteiger partial charge on any atom is 0.343 e. The fourth-order valence-electron chi connectivity index (χ4n) is 1.60. The molecule has 21 heavy (non-hydrogen) atoms. The first-order valence-electron chi connectivity index (χ1n) is 5.81. The number of benzene rings is 2. The average Bonchev–Trinajstić information content (AvgIpc) is 2.47. The van der Waals surface area contributed by atoms with Crippen molar-refractivity contribution in [3.63, 3.8) is 0 Å². The van der Waals surface area contributed by atoms with E-state index in [0.717, 1.165) is 6.07 Å². The number of hydrogen-bond acceptors (Lipinski definition) is 5. The Morgan fingerprint density at radius 1 is 1.14 bits per heavy atom. The number of hydrogen-bond donors (Lipinski definition) is 0. The van der Waals surface area contributed by atoms with E-state index in [2.05, 4.69) is 0 Å². The molecular weight excluding hydrogens is 298 g/mol. The van der Waals surface area contributed by atoms with Gasteiger partial charge in [-0.15, -0.1) is 0 Å². The molecule has 0 unspecified atom stereocenters. The Bertz CT molecular complexity index is 684. The van der Waals surface area contributed by atoms with E-state index in [1.54, 1.807) is 12.1 Å². The first-order chi connectivity index (χ1) is 10.0. The minimum absolute atomic E-state index is 0.0216. The fourth-order valence-corrected chi connectivity index (χ4v) is 1.73. The number of rotatable bonds is 4. The lowest BCUT2D eigenvalue weighted by atomic mass is 10.2. The van der Waals surface area contributed by atoms with Gasteiger partial charge in [0.1, 0.15) is 0 Å². The first kappa shape index (κ1) is 14.8. The Balaban J connectivity index is 2.29. The van der Waals surface area contributed by atoms with Crippen LogP contribution in [0.25, 0.3) is 0 Å². The highest BCUT2D eigenvalue weighted by Gasteiger charge is 2.16. The quantitative estimate of drug-likeness (QED) is 0.374. The molecule has 0 spiro atoms. The number of methoxy groups -OCH3 is 1. The molecule has 7 heteroatoms. The fraction of sp³-hybridized carbons (Fsp3) is 0.0714. The molecule has 0 aliphatic carbocycles. The van der Waals surface area contributed by atoms with Crippen LogP contribution in [0.15, 0.2) is 42.5 Å². The molecule has 2 aromatic carbocycles. The number of carbonyl (C=O) groups excluding carboxylic acids is 1. The van der Waals surface area contributed by atoms with E-state index in [9.17, 15) is 14.9 Å². The van der Waals surface area contributed by atoms with Crippen LogP contribution in [0.4, 0.5) is 5.69 Å². The van der Waals surface area contributed by atoms with Crippen LogP contribution in [-0.4, -0.2) is 18.0 Å². The SMILES string of the molecule is COc1ccc([N+](=O)[O-])cc1OC(=O)c1ccc(Cl)cc1. The number of carbonyl (C=O) groups is 1. The van der Waals surface area contributed by atoms with E-state index in [-0.39, 0.29) is 22.7 Å². The average molecular weight is 308 g/mol. The predicted octanol–water partition coefficient (Wildman–Crippen LogP) is 3.48. The lowest BCUT2D eigenvalue weighted by Gasteiger charge is -2.09. The van der Waals surface area contributed by atoms with Crippen molar-refractivity contribution in [1.82, 2.24) is 0 Å². The van der Waals surface area contributed by atoms with Crippen molar-refractivity contribution in [2.75, 3.05) is 7.11 Å². The molecule has 108 valence electrons. The number of nitro groups is 1. The highest BCUT2D eigenvalue weighted by Crippen LogP contribution is 2.31. The molecule has 0 atom stereocenters. The maximum absolute atomic E-state index is 12.0. The van der Waals surface area contributed by atoms with Crippen molar-refractivity contribution in [1.29, 1.82) is 0 Å². The normalized spacial score (nSPS) is 10.0. The second kappa shape index (κ2) is 6.23. The van der Waals surface area contributed by atoms with Crippen LogP contribution in [0.3, 0.4) is 0 Å². The minimum Gasteiger partial charge on any atom is -0.493 e. The Labute approximate surface area is 125 Å². The van der Waals surface area contributed by atoms with Gasteiger partial charge in [0.2, 0.25) is 0 Å². The Kier molecular flexibility index (Phi) is 4.39. The number of nitrogens with zero attached hydrogens (tertiary/aromatic N) is 1. The van der Waals surface area contributed by atoms with Crippen molar-refractivity contribution < 1.29 is 19.2 Å². The smallest absolute Gasteiger partial charge is 0.343 e. The molecule has 0 fully saturated rings. The minimum atomic E-state index is -0.662. The molecule has 0 saturated carbocycles. The molecule has 0 radical (unpaired) electrons. The standard InChI is InChI=1S/C14H10ClNO5/c1-20-12-7-6-11(16(18)19)8-13(12)21-14(17)9-2-4-10(15)5-3-9/h2-8H,1H3. The van der Waals surface area contributed by atoms with Crippen molar-refractivity contribution in [3.05, 3.63) is 63.2 Å². The van der Waals surface area contributed by atoms with Gasteiger partial charge in [0.25, 0.3) is 5.69 Å². The molecule has 0 aromatic heterocycles. The van der Waals surface area contributed by atoms with Gasteiger partial charge in [0, 0.05) is 11.1 Å². The number of halogens is 1. The molecule has 0 amide bonds. The van der Waals surface area contributed by atoms with E-state index in [1.165, 1.54) is 31.4 Å². The highest BCUT2D eigenvalue weighted by atomic mass is 35.5. The lowest BCUT2D eigenvalue weighted by molar-refractivity contribution is -0.384. The molecule has 0 bridgehead atoms. The zero-order valence-corrected chi connectivity index (χ0v) is 11.7. The van der Waals surface area contributed by atoms with Crippen molar-refractivity contribution in [2.45, 2.75) is 0 Å². The van der Waals surface area contributed by atoms with Gasteiger partial charge in [0.15, 0.2) is 11.5 Å². The van der Waals surface area contributed by atoms with E-state index in [1.807, 2.05) is 0 Å². The summed E-state index contributed by atoms with van der Waals surface area (Å²) in [6.07, 6.45) is 0. The van der Waals surface area contributed by atoms with E-state index in [4.69, 9.17) is 21.1 Å². The third kappa shape index (κ3) is 3.49. The summed E-state index contributed by atoms with van der Waals surface area (Å²) in [5.74, 6) is -0.458. The molecular formula is C14H10ClNO5. The van der Waals surface area contributed by atoms with Gasteiger partial charge in [-0.2, -0.15) is 0 Å². The molecule has 0 N–H and O–H groups in total. The summed E-state index contributed by atoms with van der Waals surface area (Å²) in [6, 6.07) is 9.84. The Morgan fingerprint density at radius 2 is 1.81 bits per heavy atom. The largest absolute Gasteiger partial charge is 0.493 e.